The molecule has 0 aromatic heterocycles. The summed E-state index contributed by atoms with van der Waals surface area (Å²) in [5.41, 5.74) is 0. The van der Waals surface area contributed by atoms with E-state index in [1.807, 2.05) is 0 Å². The molecule has 0 spiro atoms. The van der Waals surface area contributed by atoms with Gasteiger partial charge >= 0.3 is 35.0 Å². The average molecular weight is 625 g/mol. The second-order valence-electron chi connectivity index (χ2n) is 12.2. The average Bonchev–Trinajstić information content (AvgIpc) is 2.93. The maximum Gasteiger partial charge on any atom is 0.316 e. The number of unbranched alkanes of at least 4 members (excludes halogenated alkanes) is 28. The smallest absolute Gasteiger partial charge is 0.316 e. The maximum atomic E-state index is 10.3. The SMILES string of the molecule is CCCCCCCCCCCCCCCCCC(=O)O.CCCCCCCCCCCCCCCCCC(=O)O.[AlH3].[MgH2]. The lowest BCUT2D eigenvalue weighted by Crippen LogP contribution is -1.93. The van der Waals surface area contributed by atoms with Crippen LogP contribution in [-0.2, 0) is 9.59 Å². The largest absolute Gasteiger partial charge is 0.481 e. The first-order valence-electron chi connectivity index (χ1n) is 18.0. The second-order valence-corrected chi connectivity index (χ2v) is 12.2. The molecule has 0 aliphatic carbocycles. The van der Waals surface area contributed by atoms with Gasteiger partial charge in [0.15, 0.2) is 17.4 Å². The van der Waals surface area contributed by atoms with Gasteiger partial charge < -0.3 is 10.2 Å². The van der Waals surface area contributed by atoms with Gasteiger partial charge in [0.2, 0.25) is 0 Å². The predicted molar refractivity (Wildman–Crippen MR) is 193 cm³/mol. The monoisotopic (exact) mass is 625 g/mol. The van der Waals surface area contributed by atoms with Gasteiger partial charge in [0, 0.05) is 12.8 Å². The zero-order valence-corrected chi connectivity index (χ0v) is 27.3. The minimum Gasteiger partial charge on any atom is -0.481 e. The lowest BCUT2D eigenvalue weighted by Gasteiger charge is -2.03. The van der Waals surface area contributed by atoms with E-state index in [4.69, 9.17) is 10.2 Å². The molecule has 2 N–H and O–H groups in total. The van der Waals surface area contributed by atoms with Gasteiger partial charge in [-0.2, -0.15) is 0 Å². The molecule has 0 saturated carbocycles. The van der Waals surface area contributed by atoms with E-state index in [-0.39, 0.29) is 40.4 Å². The van der Waals surface area contributed by atoms with Gasteiger partial charge in [-0.15, -0.1) is 0 Å². The standard InChI is InChI=1S/2C18H36O2.Al.Mg.5H/c2*1-2-3-4-5-6-7-8-9-10-11-12-13-14-15-16-17-18(19)20;;;;;;;/h2*2-17H2,1H3,(H,19,20);;;;;;;. The van der Waals surface area contributed by atoms with E-state index in [0.29, 0.717) is 12.8 Å². The number of hydrogen-bond donors (Lipinski definition) is 2. The summed E-state index contributed by atoms with van der Waals surface area (Å²) >= 11 is 0. The van der Waals surface area contributed by atoms with Crippen LogP contribution >= 0.6 is 0 Å². The van der Waals surface area contributed by atoms with Crippen molar-refractivity contribution in [3.05, 3.63) is 0 Å². The van der Waals surface area contributed by atoms with Crippen LogP contribution in [0.4, 0.5) is 0 Å². The summed E-state index contributed by atoms with van der Waals surface area (Å²) in [5, 5.41) is 17.0. The van der Waals surface area contributed by atoms with Crippen molar-refractivity contribution in [1.29, 1.82) is 0 Å². The third-order valence-corrected chi connectivity index (χ3v) is 7.99. The van der Waals surface area contributed by atoms with E-state index in [0.717, 1.165) is 25.7 Å². The molecule has 0 saturated heterocycles. The van der Waals surface area contributed by atoms with Crippen molar-refractivity contribution in [3.8, 4) is 0 Å². The van der Waals surface area contributed by atoms with Gasteiger partial charge in [-0.05, 0) is 12.8 Å². The quantitative estimate of drug-likeness (QED) is 0.0576. The van der Waals surface area contributed by atoms with Crippen LogP contribution < -0.4 is 0 Å². The summed E-state index contributed by atoms with van der Waals surface area (Å²) < 4.78 is 0. The van der Waals surface area contributed by atoms with Crippen LogP contribution in [0.15, 0.2) is 0 Å². The summed E-state index contributed by atoms with van der Waals surface area (Å²) in [6, 6.07) is 0. The predicted octanol–water partition coefficient (Wildman–Crippen LogP) is 10.6. The van der Waals surface area contributed by atoms with E-state index in [2.05, 4.69) is 13.8 Å². The van der Waals surface area contributed by atoms with Gasteiger partial charge in [-0.25, -0.2) is 0 Å². The Labute approximate surface area is 290 Å². The molecule has 0 fully saturated rings. The van der Waals surface area contributed by atoms with E-state index in [1.165, 1.54) is 167 Å². The highest BCUT2D eigenvalue weighted by Crippen LogP contribution is 2.15. The van der Waals surface area contributed by atoms with Crippen molar-refractivity contribution >= 4 is 52.4 Å². The van der Waals surface area contributed by atoms with E-state index in [1.54, 1.807) is 0 Å². The van der Waals surface area contributed by atoms with Crippen molar-refractivity contribution in [3.63, 3.8) is 0 Å². The summed E-state index contributed by atoms with van der Waals surface area (Å²) in [4.78, 5) is 20.7. The van der Waals surface area contributed by atoms with E-state index >= 15 is 0 Å². The van der Waals surface area contributed by atoms with Crippen molar-refractivity contribution in [2.24, 2.45) is 0 Å². The fourth-order valence-corrected chi connectivity index (χ4v) is 5.30. The molecule has 0 aliphatic rings. The minimum absolute atomic E-state index is 0. The molecule has 0 amide bonds. The van der Waals surface area contributed by atoms with Crippen LogP contribution in [0, 0.1) is 0 Å². The van der Waals surface area contributed by atoms with Crippen LogP contribution in [0.5, 0.6) is 0 Å². The second kappa shape index (κ2) is 45.7. The van der Waals surface area contributed by atoms with Crippen LogP contribution in [-0.4, -0.2) is 62.6 Å². The first-order chi connectivity index (χ1) is 19.5. The van der Waals surface area contributed by atoms with Gasteiger partial charge in [0.05, 0.1) is 0 Å². The molecule has 0 heterocycles. The van der Waals surface area contributed by atoms with Crippen LogP contribution in [0.2, 0.25) is 0 Å². The summed E-state index contributed by atoms with van der Waals surface area (Å²) in [6.07, 6.45) is 40.4. The first kappa shape index (κ1) is 49.1. The lowest BCUT2D eigenvalue weighted by atomic mass is 10.0. The molecule has 4 nitrogen and oxygen atoms in total. The highest BCUT2D eigenvalue weighted by atomic mass is 27.0. The van der Waals surface area contributed by atoms with Crippen LogP contribution in [0.25, 0.3) is 0 Å². The molecule has 42 heavy (non-hydrogen) atoms. The van der Waals surface area contributed by atoms with E-state index in [9.17, 15) is 9.59 Å². The summed E-state index contributed by atoms with van der Waals surface area (Å²) in [6.45, 7) is 4.54. The Kier molecular flexibility index (Phi) is 53.4. The maximum absolute atomic E-state index is 10.3. The van der Waals surface area contributed by atoms with Gasteiger partial charge in [-0.1, -0.05) is 194 Å². The minimum atomic E-state index is -0.653. The molecule has 0 aliphatic heterocycles. The molecule has 0 aromatic carbocycles. The Bertz CT molecular complexity index is 461. The Morgan fingerprint density at radius 2 is 0.476 bits per heavy atom. The fraction of sp³-hybridized carbons (Fsp3) is 0.944. The number of rotatable bonds is 32. The van der Waals surface area contributed by atoms with Crippen LogP contribution in [0.1, 0.15) is 219 Å². The Balaban J connectivity index is -0.000000328. The number of carboxylic acid groups (broad SMARTS) is 2. The van der Waals surface area contributed by atoms with Crippen molar-refractivity contribution in [2.75, 3.05) is 0 Å². The number of aliphatic carboxylic acids is 2. The normalized spacial score (nSPS) is 10.3. The highest BCUT2D eigenvalue weighted by Gasteiger charge is 1.98. The number of carboxylic acids is 2. The molecular formula is C36H77AlMgO4. The third kappa shape index (κ3) is 52.8. The van der Waals surface area contributed by atoms with Gasteiger partial charge in [0.25, 0.3) is 0 Å². The summed E-state index contributed by atoms with van der Waals surface area (Å²) in [7, 11) is 0. The first-order valence-corrected chi connectivity index (χ1v) is 18.0. The van der Waals surface area contributed by atoms with Crippen molar-refractivity contribution in [2.45, 2.75) is 219 Å². The molecule has 0 unspecified atom stereocenters. The molecule has 0 atom stereocenters. The van der Waals surface area contributed by atoms with Gasteiger partial charge in [-0.3, -0.25) is 9.59 Å². The van der Waals surface area contributed by atoms with E-state index < -0.39 is 11.9 Å². The molecule has 6 heteroatoms. The van der Waals surface area contributed by atoms with Crippen LogP contribution in [0.3, 0.4) is 0 Å². The Morgan fingerprint density at radius 3 is 0.619 bits per heavy atom. The molecule has 250 valence electrons. The zero-order valence-electron chi connectivity index (χ0n) is 27.3. The highest BCUT2D eigenvalue weighted by molar-refractivity contribution is 5.76. The zero-order chi connectivity index (χ0) is 29.8. The third-order valence-electron chi connectivity index (χ3n) is 7.99. The van der Waals surface area contributed by atoms with Crippen molar-refractivity contribution in [1.82, 2.24) is 0 Å². The summed E-state index contributed by atoms with van der Waals surface area (Å²) in [5.74, 6) is -1.31. The fourth-order valence-electron chi connectivity index (χ4n) is 5.30. The molecule has 0 rings (SSSR count). The number of carbonyl (C=O) groups is 2. The lowest BCUT2D eigenvalue weighted by molar-refractivity contribution is -0.138. The number of hydrogen-bond acceptors (Lipinski definition) is 2. The molecule has 0 aromatic rings. The Morgan fingerprint density at radius 1 is 0.333 bits per heavy atom. The molecule has 0 radical (unpaired) electrons. The molecular weight excluding hydrogens is 548 g/mol. The Hall–Kier alpha value is 0.239. The molecule has 0 bridgehead atoms. The topological polar surface area (TPSA) is 74.6 Å². The van der Waals surface area contributed by atoms with Gasteiger partial charge in [0.1, 0.15) is 0 Å². The van der Waals surface area contributed by atoms with Crippen molar-refractivity contribution < 1.29 is 19.8 Å².